The molecule has 2 atom stereocenters. The molecule has 1 aliphatic rings. The molecule has 124 valence electrons. The predicted octanol–water partition coefficient (Wildman–Crippen LogP) is 0.954. The predicted molar refractivity (Wildman–Crippen MR) is 80.3 cm³/mol. The van der Waals surface area contributed by atoms with E-state index >= 15 is 0 Å². The van der Waals surface area contributed by atoms with Gasteiger partial charge in [-0.15, -0.1) is 5.56 Å². The van der Waals surface area contributed by atoms with Gasteiger partial charge in [0.05, 0.1) is 12.1 Å². The molecular weight excluding hydrogens is 659 g/mol. The number of amides is 1. The minimum absolute atomic E-state index is 0. The van der Waals surface area contributed by atoms with E-state index in [2.05, 4.69) is 21.8 Å². The number of carbonyl (C=O) groups excluding carboxylic acids is 1. The topological polar surface area (TPSA) is 74.2 Å². The third kappa shape index (κ3) is 5.48. The molecule has 2 aromatic rings. The maximum absolute atomic E-state index is 11.9. The van der Waals surface area contributed by atoms with Crippen LogP contribution in [0.1, 0.15) is 12.0 Å². The van der Waals surface area contributed by atoms with Gasteiger partial charge in [-0.2, -0.15) is 29.8 Å². The molecule has 1 amide bonds. The van der Waals surface area contributed by atoms with Gasteiger partial charge in [0.15, 0.2) is 0 Å². The van der Waals surface area contributed by atoms with Crippen molar-refractivity contribution in [1.29, 1.82) is 0 Å². The van der Waals surface area contributed by atoms with Gasteiger partial charge in [-0.1, -0.05) is 17.6 Å². The van der Waals surface area contributed by atoms with Gasteiger partial charge in [-0.05, 0) is 11.9 Å². The van der Waals surface area contributed by atoms with Crippen molar-refractivity contribution >= 4 is 17.2 Å². The number of aliphatic hydroxyl groups is 1. The van der Waals surface area contributed by atoms with Crippen LogP contribution in [0.5, 0.6) is 0 Å². The first-order chi connectivity index (χ1) is 10.2. The number of aromatic nitrogens is 1. The first-order valence-corrected chi connectivity index (χ1v) is 7.57. The normalized spacial score (nSPS) is 19.3. The van der Waals surface area contributed by atoms with Crippen LogP contribution in [-0.2, 0) is 45.6 Å². The van der Waals surface area contributed by atoms with Crippen molar-refractivity contribution in [2.45, 2.75) is 18.6 Å². The number of benzene rings is 1. The minimum atomic E-state index is -0.435. The Kier molecular flexibility index (Phi) is 8.60. The number of nitrogens with one attached hydrogen (secondary N) is 2. The molecule has 1 aliphatic heterocycles. The summed E-state index contributed by atoms with van der Waals surface area (Å²) < 4.78 is 0. The van der Waals surface area contributed by atoms with Crippen molar-refractivity contribution in [3.63, 3.8) is 0 Å². The molecule has 1 aromatic heterocycles. The van der Waals surface area contributed by atoms with E-state index in [9.17, 15) is 9.90 Å². The summed E-state index contributed by atoms with van der Waals surface area (Å²) in [5.41, 5.74) is 3.72. The number of carbonyl (C=O) groups is 1. The second-order valence-corrected chi connectivity index (χ2v) is 5.77. The standard InChI is InChI=1S/C15H15N3O2S.2Re/c19-12-5-13(17-7-12)15(20)18-6-10-1-3-11(4-2-10)14-8-16-9-21-14;;/h1-4,6,9,12-13,17,19H,5,7H2,(H,18,20);;/q-2;;. The van der Waals surface area contributed by atoms with Gasteiger partial charge in [-0.3, -0.25) is 4.79 Å². The molecule has 2 heterocycles. The summed E-state index contributed by atoms with van der Waals surface area (Å²) in [5, 5.41) is 15.1. The fraction of sp³-hybridized carbons (Fsp3) is 0.267. The molecule has 8 heteroatoms. The van der Waals surface area contributed by atoms with Crippen molar-refractivity contribution < 1.29 is 50.7 Å². The molecule has 1 saturated heterocycles. The number of nitrogens with zero attached hydrogens (tertiary/aromatic N) is 1. The first kappa shape index (κ1) is 20.5. The summed E-state index contributed by atoms with van der Waals surface area (Å²) >= 11 is 1.54. The Balaban J connectivity index is 0.00000132. The Morgan fingerprint density at radius 2 is 2.13 bits per heavy atom. The number of aliphatic hydroxyl groups excluding tert-OH is 1. The average molecular weight is 674 g/mol. The maximum atomic E-state index is 11.9. The molecule has 0 aliphatic carbocycles. The van der Waals surface area contributed by atoms with Crippen molar-refractivity contribution in [2.24, 2.45) is 0 Å². The summed E-state index contributed by atoms with van der Waals surface area (Å²) in [6.45, 7) is 2.15. The molecule has 0 saturated carbocycles. The second-order valence-electron chi connectivity index (χ2n) is 4.92. The van der Waals surface area contributed by atoms with Crippen LogP contribution in [0.15, 0.2) is 29.8 Å². The van der Waals surface area contributed by atoms with E-state index in [0.717, 1.165) is 16.0 Å². The fourth-order valence-electron chi connectivity index (χ4n) is 2.23. The van der Waals surface area contributed by atoms with E-state index in [1.54, 1.807) is 12.1 Å². The zero-order valence-corrected chi connectivity index (χ0v) is 18.2. The molecule has 2 radical (unpaired) electrons. The zero-order valence-electron chi connectivity index (χ0n) is 12.0. The van der Waals surface area contributed by atoms with Crippen LogP contribution in [0.4, 0.5) is 0 Å². The average Bonchev–Trinajstić information content (AvgIpc) is 3.16. The molecule has 0 bridgehead atoms. The van der Waals surface area contributed by atoms with Crippen LogP contribution >= 0.6 is 11.3 Å². The van der Waals surface area contributed by atoms with Gasteiger partial charge >= 0.3 is 0 Å². The molecular formula is C15H15N3O2Re2S-2. The summed E-state index contributed by atoms with van der Waals surface area (Å²) in [6.07, 6.45) is 2.94. The van der Waals surface area contributed by atoms with Gasteiger partial charge in [-0.25, -0.2) is 11.3 Å². The minimum Gasteiger partial charge on any atom is -0.392 e. The van der Waals surface area contributed by atoms with Crippen LogP contribution in [0.25, 0.3) is 10.4 Å². The Hall–Kier alpha value is -0.565. The van der Waals surface area contributed by atoms with Gasteiger partial charge in [0.25, 0.3) is 0 Å². The Morgan fingerprint density at radius 1 is 1.39 bits per heavy atom. The quantitative estimate of drug-likeness (QED) is 0.423. The molecule has 5 nitrogen and oxygen atoms in total. The number of rotatable bonds is 4. The maximum Gasteiger partial charge on any atom is 0.230 e. The Bertz CT molecular complexity index is 608. The molecule has 3 N–H and O–H groups in total. The van der Waals surface area contributed by atoms with E-state index in [0.29, 0.717) is 13.0 Å². The molecule has 0 spiro atoms. The van der Waals surface area contributed by atoms with Crippen molar-refractivity contribution in [3.05, 3.63) is 48.1 Å². The summed E-state index contributed by atoms with van der Waals surface area (Å²) in [4.78, 5) is 16.8. The fourth-order valence-corrected chi connectivity index (χ4v) is 2.81. The number of hydrogen-bond donors (Lipinski definition) is 3. The van der Waals surface area contributed by atoms with Crippen LogP contribution in [0, 0.1) is 12.7 Å². The van der Waals surface area contributed by atoms with Crippen LogP contribution < -0.4 is 10.6 Å². The van der Waals surface area contributed by atoms with Gasteiger partial charge in [0.2, 0.25) is 5.91 Å². The van der Waals surface area contributed by atoms with Crippen LogP contribution in [0.3, 0.4) is 0 Å². The Labute approximate surface area is 166 Å². The van der Waals surface area contributed by atoms with Crippen molar-refractivity contribution in [3.8, 4) is 10.4 Å². The molecule has 2 unspecified atom stereocenters. The van der Waals surface area contributed by atoms with E-state index in [-0.39, 0.29) is 52.8 Å². The van der Waals surface area contributed by atoms with Gasteiger partial charge in [0.1, 0.15) is 0 Å². The third-order valence-electron chi connectivity index (χ3n) is 3.37. The monoisotopic (exact) mass is 675 g/mol. The largest absolute Gasteiger partial charge is 0.392 e. The SMILES string of the molecule is O=C(N[CH-]c1ccc(-c2[c-]ncs2)cc1)C1CC(O)CN1.[Re].[Re]. The van der Waals surface area contributed by atoms with Gasteiger partial charge < -0.3 is 20.7 Å². The second kappa shape index (κ2) is 9.66. The van der Waals surface area contributed by atoms with Crippen LogP contribution in [0.2, 0.25) is 0 Å². The first-order valence-electron chi connectivity index (χ1n) is 6.69. The molecule has 1 aromatic carbocycles. The van der Waals surface area contributed by atoms with Gasteiger partial charge in [0, 0.05) is 47.4 Å². The summed E-state index contributed by atoms with van der Waals surface area (Å²) in [7, 11) is 0. The Morgan fingerprint density at radius 3 is 2.70 bits per heavy atom. The van der Waals surface area contributed by atoms with E-state index < -0.39 is 6.10 Å². The molecule has 1 fully saturated rings. The van der Waals surface area contributed by atoms with E-state index in [1.807, 2.05) is 24.3 Å². The number of β-amino-alcohol motifs (C(OH)–C–C–N with tert-alkyl or cyclic N) is 1. The van der Waals surface area contributed by atoms with Crippen LogP contribution in [-0.4, -0.2) is 34.7 Å². The number of thiazole rings is 1. The summed E-state index contributed by atoms with van der Waals surface area (Å²) in [6, 6.07) is 7.49. The van der Waals surface area contributed by atoms with E-state index in [4.69, 9.17) is 0 Å². The van der Waals surface area contributed by atoms with E-state index in [1.165, 1.54) is 11.3 Å². The van der Waals surface area contributed by atoms with Crippen molar-refractivity contribution in [2.75, 3.05) is 6.54 Å². The third-order valence-corrected chi connectivity index (χ3v) is 4.14. The zero-order chi connectivity index (χ0) is 14.7. The summed E-state index contributed by atoms with van der Waals surface area (Å²) in [5.74, 6) is -0.119. The van der Waals surface area contributed by atoms with Crippen molar-refractivity contribution in [1.82, 2.24) is 15.6 Å². The number of hydrogen-bond acceptors (Lipinski definition) is 5. The molecule has 23 heavy (non-hydrogen) atoms. The molecule has 3 rings (SSSR count). The smallest absolute Gasteiger partial charge is 0.230 e.